The average Bonchev–Trinajstić information content (AvgIpc) is 3.02. The van der Waals surface area contributed by atoms with Crippen molar-refractivity contribution >= 4 is 58.2 Å². The lowest BCUT2D eigenvalue weighted by Crippen LogP contribution is -2.37. The number of ether oxygens (including phenoxy) is 1. The molecule has 0 atom stereocenters. The minimum Gasteiger partial charge on any atom is -0.489 e. The number of carbonyl (C=O) groups is 1. The highest BCUT2D eigenvalue weighted by molar-refractivity contribution is 6.40. The third-order valence-electron chi connectivity index (χ3n) is 3.06. The lowest BCUT2D eigenvalue weighted by molar-refractivity contribution is 0.184. The number of nitrogens with zero attached hydrogens (tertiary/aromatic N) is 3. The van der Waals surface area contributed by atoms with Crippen LogP contribution in [-0.2, 0) is 0 Å². The van der Waals surface area contributed by atoms with Crippen LogP contribution in [0.5, 0.6) is 5.75 Å². The summed E-state index contributed by atoms with van der Waals surface area (Å²) < 4.78 is 7.05. The first-order chi connectivity index (χ1) is 11.0. The summed E-state index contributed by atoms with van der Waals surface area (Å²) in [6.45, 7) is 3.28. The Morgan fingerprint density at radius 3 is 2.40 bits per heavy atom. The van der Waals surface area contributed by atoms with E-state index in [1.807, 2.05) is 6.92 Å². The highest BCUT2D eigenvalue weighted by atomic mass is 35.5. The van der Waals surface area contributed by atoms with E-state index in [1.54, 1.807) is 29.4 Å². The first-order valence-electron chi connectivity index (χ1n) is 7.07. The zero-order valence-corrected chi connectivity index (χ0v) is 15.3. The molecule has 0 radical (unpaired) electrons. The molecule has 0 bridgehead atoms. The highest BCUT2D eigenvalue weighted by Crippen LogP contribution is 2.35. The molecule has 0 aliphatic carbocycles. The molecule has 0 aliphatic rings. The number of amides is 1. The zero-order chi connectivity index (χ0) is 16.8. The van der Waals surface area contributed by atoms with Crippen LogP contribution in [0.3, 0.4) is 0 Å². The van der Waals surface area contributed by atoms with Crippen LogP contribution in [0, 0.1) is 0 Å². The fraction of sp³-hybridized carbons (Fsp3) is 0.333. The molecule has 0 saturated heterocycles. The summed E-state index contributed by atoms with van der Waals surface area (Å²) >= 11 is 18.0. The maximum atomic E-state index is 12.3. The van der Waals surface area contributed by atoms with Crippen LogP contribution in [-0.4, -0.2) is 63.0 Å². The molecule has 0 spiro atoms. The van der Waals surface area contributed by atoms with Gasteiger partial charge in [0.05, 0.1) is 16.6 Å². The lowest BCUT2D eigenvalue weighted by Gasteiger charge is -2.22. The Hall–Kier alpha value is -0.938. The quantitative estimate of drug-likeness (QED) is 0.669. The fourth-order valence-corrected chi connectivity index (χ4v) is 2.96. The molecule has 0 aliphatic heterocycles. The van der Waals surface area contributed by atoms with Gasteiger partial charge >= 0.3 is 6.03 Å². The summed E-state index contributed by atoms with van der Waals surface area (Å²) in [5.41, 5.74) is 0. The smallest absolute Gasteiger partial charge is 0.329 e. The van der Waals surface area contributed by atoms with Crippen molar-refractivity contribution in [2.24, 2.45) is 0 Å². The van der Waals surface area contributed by atoms with Gasteiger partial charge in [-0.15, -0.1) is 0 Å². The summed E-state index contributed by atoms with van der Waals surface area (Å²) in [6.07, 6.45) is 5.48. The number of halogens is 3. The van der Waals surface area contributed by atoms with Crippen molar-refractivity contribution in [3.8, 4) is 5.75 Å². The molecule has 2 aromatic rings. The van der Waals surface area contributed by atoms with Gasteiger partial charge in [0.15, 0.2) is 23.1 Å². The van der Waals surface area contributed by atoms with Gasteiger partial charge in [0.2, 0.25) is 0 Å². The molecule has 10 heteroatoms. The van der Waals surface area contributed by atoms with E-state index in [1.165, 1.54) is 10.9 Å². The molecule has 0 fully saturated rings. The molecular weight excluding hydrogens is 404 g/mol. The standard InChI is InChI=1S/C15H16Cl3N3O2.Al.H2O.3H/c1-2-4-20(15(22)21-5-3-19-10-21)6-7-23-14-12(17)8-11(16)9-13(14)18;;;;;/h3,5,8-10H,2,4,6-7H2,1H3;;1H2;;;. The number of benzene rings is 1. The number of hydrogen-bond acceptors (Lipinski definition) is 3. The van der Waals surface area contributed by atoms with Crippen molar-refractivity contribution in [1.29, 1.82) is 0 Å². The molecule has 1 amide bonds. The molecule has 0 unspecified atom stereocenters. The predicted octanol–water partition coefficient (Wildman–Crippen LogP) is 2.59. The van der Waals surface area contributed by atoms with E-state index in [2.05, 4.69) is 4.98 Å². The Labute approximate surface area is 172 Å². The van der Waals surface area contributed by atoms with Gasteiger partial charge in [-0.05, 0) is 18.6 Å². The van der Waals surface area contributed by atoms with Gasteiger partial charge in [-0.1, -0.05) is 41.7 Å². The molecule has 138 valence electrons. The van der Waals surface area contributed by atoms with Crippen LogP contribution in [0.25, 0.3) is 0 Å². The van der Waals surface area contributed by atoms with Crippen LogP contribution < -0.4 is 4.74 Å². The normalized spacial score (nSPS) is 9.76. The number of rotatable bonds is 6. The van der Waals surface area contributed by atoms with E-state index in [9.17, 15) is 4.79 Å². The summed E-state index contributed by atoms with van der Waals surface area (Å²) in [6, 6.07) is 2.97. The van der Waals surface area contributed by atoms with E-state index in [-0.39, 0.29) is 35.5 Å². The van der Waals surface area contributed by atoms with Crippen LogP contribution in [0.15, 0.2) is 30.9 Å². The second-order valence-corrected chi connectivity index (χ2v) is 6.04. The van der Waals surface area contributed by atoms with Crippen LogP contribution in [0.1, 0.15) is 13.3 Å². The molecule has 1 heterocycles. The largest absolute Gasteiger partial charge is 0.489 e. The number of aromatic nitrogens is 2. The number of imidazole rings is 1. The van der Waals surface area contributed by atoms with Gasteiger partial charge in [0.1, 0.15) is 12.9 Å². The lowest BCUT2D eigenvalue weighted by atomic mass is 10.3. The minimum atomic E-state index is -0.152. The molecule has 6 nitrogen and oxygen atoms in total. The number of hydrogen-bond donors (Lipinski definition) is 0. The third-order valence-corrected chi connectivity index (χ3v) is 3.84. The Morgan fingerprint density at radius 2 is 1.88 bits per heavy atom. The maximum absolute atomic E-state index is 12.3. The summed E-state index contributed by atoms with van der Waals surface area (Å²) in [4.78, 5) is 17.9. The predicted molar refractivity (Wildman–Crippen MR) is 105 cm³/mol. The Balaban J connectivity index is 0.00000288. The SMILES string of the molecule is CCCN(CCOc1c(Cl)cc(Cl)cc1Cl)C(=O)n1ccnc1.O.[AlH3]. The molecule has 1 aromatic heterocycles. The monoisotopic (exact) mass is 423 g/mol. The van der Waals surface area contributed by atoms with Crippen molar-refractivity contribution in [1.82, 2.24) is 14.5 Å². The van der Waals surface area contributed by atoms with E-state index in [0.29, 0.717) is 33.9 Å². The molecule has 2 N–H and O–H groups in total. The van der Waals surface area contributed by atoms with Crippen LogP contribution in [0.4, 0.5) is 4.79 Å². The van der Waals surface area contributed by atoms with Crippen molar-refractivity contribution < 1.29 is 15.0 Å². The highest BCUT2D eigenvalue weighted by Gasteiger charge is 2.15. The van der Waals surface area contributed by atoms with Crippen molar-refractivity contribution in [3.05, 3.63) is 45.9 Å². The van der Waals surface area contributed by atoms with Gasteiger partial charge in [-0.25, -0.2) is 9.78 Å². The van der Waals surface area contributed by atoms with Crippen molar-refractivity contribution in [2.45, 2.75) is 13.3 Å². The van der Waals surface area contributed by atoms with Crippen molar-refractivity contribution in [3.63, 3.8) is 0 Å². The van der Waals surface area contributed by atoms with Gasteiger partial charge in [0.25, 0.3) is 0 Å². The summed E-state index contributed by atoms with van der Waals surface area (Å²) in [7, 11) is 0. The van der Waals surface area contributed by atoms with E-state index < -0.39 is 0 Å². The second-order valence-electron chi connectivity index (χ2n) is 4.79. The number of carbonyl (C=O) groups excluding carboxylic acids is 1. The third kappa shape index (κ3) is 6.71. The maximum Gasteiger partial charge on any atom is 0.329 e. The molecular formula is C15H21AlCl3N3O3. The minimum absolute atomic E-state index is 0. The molecule has 2 rings (SSSR count). The van der Waals surface area contributed by atoms with E-state index in [4.69, 9.17) is 39.5 Å². The van der Waals surface area contributed by atoms with Crippen LogP contribution >= 0.6 is 34.8 Å². The fourth-order valence-electron chi connectivity index (χ4n) is 2.03. The topological polar surface area (TPSA) is 78.9 Å². The van der Waals surface area contributed by atoms with E-state index >= 15 is 0 Å². The van der Waals surface area contributed by atoms with Crippen molar-refractivity contribution in [2.75, 3.05) is 19.7 Å². The zero-order valence-electron chi connectivity index (χ0n) is 13.0. The van der Waals surface area contributed by atoms with Gasteiger partial charge in [0, 0.05) is 24.0 Å². The van der Waals surface area contributed by atoms with E-state index in [0.717, 1.165) is 6.42 Å². The Bertz CT molecular complexity index is 648. The molecule has 0 saturated carbocycles. The summed E-state index contributed by atoms with van der Waals surface area (Å²) in [5.74, 6) is 0.365. The van der Waals surface area contributed by atoms with Crippen LogP contribution in [0.2, 0.25) is 15.1 Å². The van der Waals surface area contributed by atoms with Gasteiger partial charge < -0.3 is 15.1 Å². The average molecular weight is 425 g/mol. The van der Waals surface area contributed by atoms with Gasteiger partial charge in [-0.3, -0.25) is 4.57 Å². The van der Waals surface area contributed by atoms with Gasteiger partial charge in [-0.2, -0.15) is 0 Å². The first kappa shape index (κ1) is 24.1. The first-order valence-corrected chi connectivity index (χ1v) is 8.21. The Kier molecular flexibility index (Phi) is 11.2. The Morgan fingerprint density at radius 1 is 1.24 bits per heavy atom. The molecule has 1 aromatic carbocycles. The summed E-state index contributed by atoms with van der Waals surface area (Å²) in [5, 5.41) is 1.12. The molecule has 25 heavy (non-hydrogen) atoms. The second kappa shape index (κ2) is 11.6.